The van der Waals surface area contributed by atoms with Crippen LogP contribution in [0.4, 0.5) is 11.4 Å². The summed E-state index contributed by atoms with van der Waals surface area (Å²) in [7, 11) is 0. The molecule has 2 N–H and O–H groups in total. The van der Waals surface area contributed by atoms with E-state index < -0.39 is 5.92 Å². The third kappa shape index (κ3) is 3.80. The van der Waals surface area contributed by atoms with Crippen LogP contribution in [0.25, 0.3) is 0 Å². The van der Waals surface area contributed by atoms with E-state index in [0.29, 0.717) is 28.0 Å². The zero-order valence-electron chi connectivity index (χ0n) is 12.6. The van der Waals surface area contributed by atoms with Crippen molar-refractivity contribution >= 4 is 46.4 Å². The van der Waals surface area contributed by atoms with Gasteiger partial charge in [0.2, 0.25) is 11.8 Å². The van der Waals surface area contributed by atoms with Crippen molar-refractivity contribution in [3.05, 3.63) is 58.6 Å². The van der Waals surface area contributed by atoms with Crippen LogP contribution in [-0.4, -0.2) is 18.4 Å². The number of anilines is 2. The molecule has 2 aromatic carbocycles. The van der Waals surface area contributed by atoms with Gasteiger partial charge in [-0.25, -0.2) is 0 Å². The number of amides is 2. The summed E-state index contributed by atoms with van der Waals surface area (Å²) in [5, 5.41) is 1.12. The quantitative estimate of drug-likeness (QED) is 0.817. The van der Waals surface area contributed by atoms with Gasteiger partial charge in [-0.15, -0.1) is 0 Å². The summed E-state index contributed by atoms with van der Waals surface area (Å²) in [5.74, 6) is -0.767. The van der Waals surface area contributed by atoms with Gasteiger partial charge in [-0.05, 0) is 36.4 Å². The lowest BCUT2D eigenvalue weighted by Crippen LogP contribution is -2.36. The molecule has 124 valence electrons. The van der Waals surface area contributed by atoms with Gasteiger partial charge in [-0.3, -0.25) is 20.4 Å². The van der Waals surface area contributed by atoms with Gasteiger partial charge in [0.25, 0.3) is 0 Å². The number of halogens is 2. The molecule has 1 heterocycles. The SMILES string of the molecule is O=C(NNc1cccc(Cl)c1)C1CC(=O)N(c2cccc(Cl)c2)C1. The van der Waals surface area contributed by atoms with Gasteiger partial charge < -0.3 is 4.90 Å². The number of carbonyl (C=O) groups excluding carboxylic acids is 2. The van der Waals surface area contributed by atoms with Gasteiger partial charge in [0.05, 0.1) is 11.6 Å². The highest BCUT2D eigenvalue weighted by molar-refractivity contribution is 6.31. The topological polar surface area (TPSA) is 61.4 Å². The number of benzene rings is 2. The Morgan fingerprint density at radius 2 is 1.79 bits per heavy atom. The van der Waals surface area contributed by atoms with Crippen molar-refractivity contribution in [3.8, 4) is 0 Å². The van der Waals surface area contributed by atoms with E-state index in [0.717, 1.165) is 0 Å². The summed E-state index contributed by atoms with van der Waals surface area (Å²) >= 11 is 11.9. The molecule has 1 aliphatic rings. The summed E-state index contributed by atoms with van der Waals surface area (Å²) in [4.78, 5) is 26.0. The van der Waals surface area contributed by atoms with Gasteiger partial charge in [-0.1, -0.05) is 35.3 Å². The molecule has 1 fully saturated rings. The van der Waals surface area contributed by atoms with Crippen molar-refractivity contribution in [1.29, 1.82) is 0 Å². The van der Waals surface area contributed by atoms with Crippen LogP contribution in [0.2, 0.25) is 10.0 Å². The van der Waals surface area contributed by atoms with Gasteiger partial charge >= 0.3 is 0 Å². The standard InChI is InChI=1S/C17H15Cl2N3O2/c18-12-3-1-5-14(8-12)20-21-17(24)11-7-16(23)22(10-11)15-6-2-4-13(19)9-15/h1-6,8-9,11,20H,7,10H2,(H,21,24). The van der Waals surface area contributed by atoms with Crippen LogP contribution in [0.15, 0.2) is 48.5 Å². The molecule has 0 bridgehead atoms. The normalized spacial score (nSPS) is 17.0. The lowest BCUT2D eigenvalue weighted by molar-refractivity contribution is -0.125. The van der Waals surface area contributed by atoms with Crippen molar-refractivity contribution in [2.45, 2.75) is 6.42 Å². The molecular formula is C17H15Cl2N3O2. The van der Waals surface area contributed by atoms with Crippen LogP contribution in [-0.2, 0) is 9.59 Å². The summed E-state index contributed by atoms with van der Waals surface area (Å²) in [6.45, 7) is 0.322. The van der Waals surface area contributed by atoms with E-state index in [1.165, 1.54) is 0 Å². The molecule has 3 rings (SSSR count). The predicted molar refractivity (Wildman–Crippen MR) is 95.1 cm³/mol. The van der Waals surface area contributed by atoms with E-state index in [9.17, 15) is 9.59 Å². The van der Waals surface area contributed by atoms with Crippen molar-refractivity contribution in [2.24, 2.45) is 5.92 Å². The Labute approximate surface area is 149 Å². The van der Waals surface area contributed by atoms with Crippen molar-refractivity contribution < 1.29 is 9.59 Å². The molecule has 5 nitrogen and oxygen atoms in total. The zero-order valence-corrected chi connectivity index (χ0v) is 14.1. The second-order valence-electron chi connectivity index (χ2n) is 5.51. The lowest BCUT2D eigenvalue weighted by atomic mass is 10.1. The Bertz CT molecular complexity index is 782. The smallest absolute Gasteiger partial charge is 0.243 e. The van der Waals surface area contributed by atoms with Crippen molar-refractivity contribution in [2.75, 3.05) is 16.9 Å². The molecule has 0 aliphatic carbocycles. The number of hydrogen-bond acceptors (Lipinski definition) is 3. The van der Waals surface area contributed by atoms with Crippen LogP contribution in [0.1, 0.15) is 6.42 Å². The molecule has 0 aromatic heterocycles. The Morgan fingerprint density at radius 3 is 2.50 bits per heavy atom. The Kier molecular flexibility index (Phi) is 4.92. The number of carbonyl (C=O) groups is 2. The molecule has 1 aliphatic heterocycles. The number of nitrogens with one attached hydrogen (secondary N) is 2. The molecular weight excluding hydrogens is 349 g/mol. The lowest BCUT2D eigenvalue weighted by Gasteiger charge is -2.17. The maximum absolute atomic E-state index is 12.3. The molecule has 7 heteroatoms. The van der Waals surface area contributed by atoms with Gasteiger partial charge in [0, 0.05) is 28.7 Å². The number of rotatable bonds is 4. The molecule has 24 heavy (non-hydrogen) atoms. The first-order valence-corrected chi connectivity index (χ1v) is 8.16. The minimum atomic E-state index is -0.428. The van der Waals surface area contributed by atoms with Crippen LogP contribution in [0.3, 0.4) is 0 Å². The zero-order chi connectivity index (χ0) is 17.1. The molecule has 1 unspecified atom stereocenters. The van der Waals surface area contributed by atoms with Gasteiger partial charge in [0.1, 0.15) is 0 Å². The summed E-state index contributed by atoms with van der Waals surface area (Å²) in [5.41, 5.74) is 6.80. The maximum atomic E-state index is 12.3. The third-order valence-corrected chi connectivity index (χ3v) is 4.24. The Balaban J connectivity index is 1.61. The first kappa shape index (κ1) is 16.6. The van der Waals surface area contributed by atoms with E-state index in [1.54, 1.807) is 53.4 Å². The molecule has 0 spiro atoms. The summed E-state index contributed by atoms with van der Waals surface area (Å²) < 4.78 is 0. The Hall–Kier alpha value is -2.24. The first-order valence-electron chi connectivity index (χ1n) is 7.40. The van der Waals surface area contributed by atoms with E-state index in [2.05, 4.69) is 10.9 Å². The van der Waals surface area contributed by atoms with Crippen LogP contribution in [0, 0.1) is 5.92 Å². The van der Waals surface area contributed by atoms with E-state index >= 15 is 0 Å². The molecule has 0 radical (unpaired) electrons. The third-order valence-electron chi connectivity index (χ3n) is 3.77. The monoisotopic (exact) mass is 363 g/mol. The maximum Gasteiger partial charge on any atom is 0.243 e. The number of hydrazine groups is 1. The second-order valence-corrected chi connectivity index (χ2v) is 6.38. The molecule has 0 saturated carbocycles. The second kappa shape index (κ2) is 7.11. The highest BCUT2D eigenvalue weighted by Gasteiger charge is 2.35. The molecule has 1 saturated heterocycles. The van der Waals surface area contributed by atoms with Crippen molar-refractivity contribution in [1.82, 2.24) is 5.43 Å². The average molecular weight is 364 g/mol. The molecule has 1 atom stereocenters. The summed E-state index contributed by atoms with van der Waals surface area (Å²) in [6, 6.07) is 14.0. The highest BCUT2D eigenvalue weighted by Crippen LogP contribution is 2.27. The average Bonchev–Trinajstić information content (AvgIpc) is 2.95. The van der Waals surface area contributed by atoms with E-state index in [1.807, 2.05) is 0 Å². The minimum absolute atomic E-state index is 0.0971. The van der Waals surface area contributed by atoms with Crippen LogP contribution >= 0.6 is 23.2 Å². The van der Waals surface area contributed by atoms with Crippen LogP contribution < -0.4 is 15.8 Å². The molecule has 2 amide bonds. The highest BCUT2D eigenvalue weighted by atomic mass is 35.5. The van der Waals surface area contributed by atoms with Gasteiger partial charge in [0.15, 0.2) is 0 Å². The predicted octanol–water partition coefficient (Wildman–Crippen LogP) is 3.49. The van der Waals surface area contributed by atoms with Crippen molar-refractivity contribution in [3.63, 3.8) is 0 Å². The first-order chi connectivity index (χ1) is 11.5. The van der Waals surface area contributed by atoms with Gasteiger partial charge in [-0.2, -0.15) is 0 Å². The minimum Gasteiger partial charge on any atom is -0.312 e. The van der Waals surface area contributed by atoms with E-state index in [4.69, 9.17) is 23.2 Å². The molecule has 2 aromatic rings. The fourth-order valence-electron chi connectivity index (χ4n) is 2.58. The fourth-order valence-corrected chi connectivity index (χ4v) is 2.95. The number of nitrogens with zero attached hydrogens (tertiary/aromatic N) is 1. The van der Waals surface area contributed by atoms with E-state index in [-0.39, 0.29) is 18.2 Å². The largest absolute Gasteiger partial charge is 0.312 e. The number of hydrogen-bond donors (Lipinski definition) is 2. The fraction of sp³-hybridized carbons (Fsp3) is 0.176. The summed E-state index contributed by atoms with van der Waals surface area (Å²) in [6.07, 6.45) is 0.162. The Morgan fingerprint density at radius 1 is 1.08 bits per heavy atom. The van der Waals surface area contributed by atoms with Crippen LogP contribution in [0.5, 0.6) is 0 Å².